The number of carbonyl (C=O) groups is 1. The van der Waals surface area contributed by atoms with E-state index in [2.05, 4.69) is 46.8 Å². The third kappa shape index (κ3) is 4.63. The van der Waals surface area contributed by atoms with E-state index in [4.69, 9.17) is 15.1 Å². The highest BCUT2D eigenvalue weighted by molar-refractivity contribution is 7.98. The highest BCUT2D eigenvalue weighted by atomic mass is 32.2. The molecular formula is C21H21N5O2S2. The number of nitrogens with two attached hydrogens (primary N) is 1. The number of hydrogen-bond acceptors (Lipinski definition) is 7. The molecule has 0 bridgehead atoms. The molecule has 0 saturated heterocycles. The molecule has 3 heterocycles. The Morgan fingerprint density at radius 1 is 1.23 bits per heavy atom. The number of aromatic nitrogens is 4. The summed E-state index contributed by atoms with van der Waals surface area (Å²) in [6, 6.07) is 12.1. The van der Waals surface area contributed by atoms with Crippen LogP contribution in [0.25, 0.3) is 22.2 Å². The monoisotopic (exact) mass is 439 g/mol. The summed E-state index contributed by atoms with van der Waals surface area (Å²) in [5.41, 5.74) is 8.75. The number of carbonyl (C=O) groups excluding carboxylic acids is 1. The van der Waals surface area contributed by atoms with Crippen molar-refractivity contribution in [3.63, 3.8) is 0 Å². The summed E-state index contributed by atoms with van der Waals surface area (Å²) in [6.45, 7) is 2.54. The molecule has 154 valence electrons. The Balaban J connectivity index is 1.49. The van der Waals surface area contributed by atoms with Crippen LogP contribution in [0.4, 0.5) is 0 Å². The fourth-order valence-electron chi connectivity index (χ4n) is 2.93. The molecule has 0 fully saturated rings. The first-order chi connectivity index (χ1) is 14.6. The minimum atomic E-state index is -0.372. The molecule has 0 atom stereocenters. The smallest absolute Gasteiger partial charge is 0.219 e. The van der Waals surface area contributed by atoms with Gasteiger partial charge in [0.15, 0.2) is 16.7 Å². The summed E-state index contributed by atoms with van der Waals surface area (Å²) in [5.74, 6) is 1.46. The second-order valence-corrected chi connectivity index (χ2v) is 8.44. The van der Waals surface area contributed by atoms with Crippen LogP contribution in [0.5, 0.6) is 0 Å². The zero-order chi connectivity index (χ0) is 20.9. The molecule has 1 amide bonds. The number of thioether (sulfide) groups is 1. The third-order valence-corrected chi connectivity index (χ3v) is 6.49. The highest BCUT2D eigenvalue weighted by Crippen LogP contribution is 2.30. The van der Waals surface area contributed by atoms with Gasteiger partial charge in [-0.25, -0.2) is 4.98 Å². The summed E-state index contributed by atoms with van der Waals surface area (Å²) in [7, 11) is 0. The van der Waals surface area contributed by atoms with Crippen molar-refractivity contribution in [3.05, 3.63) is 59.3 Å². The molecule has 1 aromatic carbocycles. The van der Waals surface area contributed by atoms with Crippen LogP contribution in [0.2, 0.25) is 0 Å². The SMILES string of the molecule is CCc1ccc(-c2nc(CSc3nnc(-c4ccco4)n3CCC(N)=O)cs2)cc1. The molecule has 4 aromatic rings. The molecule has 30 heavy (non-hydrogen) atoms. The molecular weight excluding hydrogens is 418 g/mol. The van der Waals surface area contributed by atoms with Crippen molar-refractivity contribution in [1.82, 2.24) is 19.7 Å². The van der Waals surface area contributed by atoms with Gasteiger partial charge in [0.25, 0.3) is 0 Å². The lowest BCUT2D eigenvalue weighted by atomic mass is 10.1. The minimum absolute atomic E-state index is 0.202. The number of benzene rings is 1. The van der Waals surface area contributed by atoms with Gasteiger partial charge in [0, 0.05) is 29.7 Å². The van der Waals surface area contributed by atoms with Crippen molar-refractivity contribution in [2.24, 2.45) is 5.73 Å². The normalized spacial score (nSPS) is 11.1. The second-order valence-electron chi connectivity index (χ2n) is 6.63. The molecule has 0 saturated carbocycles. The first kappa shape index (κ1) is 20.4. The van der Waals surface area contributed by atoms with Crippen LogP contribution >= 0.6 is 23.1 Å². The fourth-order valence-corrected chi connectivity index (χ4v) is 4.72. The topological polar surface area (TPSA) is 99.8 Å². The van der Waals surface area contributed by atoms with E-state index < -0.39 is 0 Å². The van der Waals surface area contributed by atoms with Gasteiger partial charge >= 0.3 is 0 Å². The highest BCUT2D eigenvalue weighted by Gasteiger charge is 2.17. The maximum absolute atomic E-state index is 11.3. The van der Waals surface area contributed by atoms with Crippen molar-refractivity contribution in [1.29, 1.82) is 0 Å². The summed E-state index contributed by atoms with van der Waals surface area (Å²) in [4.78, 5) is 16.0. The van der Waals surface area contributed by atoms with E-state index in [9.17, 15) is 4.79 Å². The zero-order valence-electron chi connectivity index (χ0n) is 16.4. The maximum Gasteiger partial charge on any atom is 0.219 e. The van der Waals surface area contributed by atoms with E-state index >= 15 is 0 Å². The van der Waals surface area contributed by atoms with Crippen LogP contribution in [0, 0.1) is 0 Å². The summed E-state index contributed by atoms with van der Waals surface area (Å²) >= 11 is 3.15. The molecule has 0 spiro atoms. The Bertz CT molecular complexity index is 1120. The van der Waals surface area contributed by atoms with Crippen LogP contribution in [-0.2, 0) is 23.5 Å². The minimum Gasteiger partial charge on any atom is -0.461 e. The van der Waals surface area contributed by atoms with Gasteiger partial charge in [-0.05, 0) is 24.1 Å². The number of aryl methyl sites for hydroxylation is 1. The summed E-state index contributed by atoms with van der Waals surface area (Å²) in [5, 5.41) is 12.3. The van der Waals surface area contributed by atoms with Crippen LogP contribution < -0.4 is 5.73 Å². The fraction of sp³-hybridized carbons (Fsp3) is 0.238. The lowest BCUT2D eigenvalue weighted by Crippen LogP contribution is -2.15. The molecule has 0 aliphatic rings. The molecule has 0 aliphatic heterocycles. The second kappa shape index (κ2) is 9.27. The van der Waals surface area contributed by atoms with Gasteiger partial charge in [-0.3, -0.25) is 9.36 Å². The number of amides is 1. The number of thiazole rings is 1. The van der Waals surface area contributed by atoms with Gasteiger partial charge in [-0.15, -0.1) is 21.5 Å². The molecule has 3 aromatic heterocycles. The van der Waals surface area contributed by atoms with Gasteiger partial charge in [0.1, 0.15) is 5.01 Å². The average molecular weight is 440 g/mol. The van der Waals surface area contributed by atoms with Gasteiger partial charge in [-0.1, -0.05) is 43.0 Å². The van der Waals surface area contributed by atoms with Crippen molar-refractivity contribution in [2.75, 3.05) is 0 Å². The number of furan rings is 1. The molecule has 9 heteroatoms. The van der Waals surface area contributed by atoms with E-state index in [1.54, 1.807) is 23.7 Å². The van der Waals surface area contributed by atoms with Crippen LogP contribution in [-0.4, -0.2) is 25.7 Å². The number of rotatable bonds is 9. The van der Waals surface area contributed by atoms with Crippen LogP contribution in [0.3, 0.4) is 0 Å². The predicted octanol–water partition coefficient (Wildman–Crippen LogP) is 4.39. The molecule has 0 aliphatic carbocycles. The van der Waals surface area contributed by atoms with Gasteiger partial charge in [0.05, 0.1) is 12.0 Å². The van der Waals surface area contributed by atoms with Gasteiger partial charge in [-0.2, -0.15) is 0 Å². The Morgan fingerprint density at radius 3 is 2.77 bits per heavy atom. The van der Waals surface area contributed by atoms with E-state index in [0.717, 1.165) is 22.7 Å². The molecule has 2 N–H and O–H groups in total. The Kier molecular flexibility index (Phi) is 6.29. The Hall–Kier alpha value is -2.91. The van der Waals surface area contributed by atoms with E-state index in [0.29, 0.717) is 29.0 Å². The van der Waals surface area contributed by atoms with Crippen molar-refractivity contribution < 1.29 is 9.21 Å². The maximum atomic E-state index is 11.3. The van der Waals surface area contributed by atoms with Gasteiger partial charge in [0.2, 0.25) is 5.91 Å². The van der Waals surface area contributed by atoms with E-state index in [1.807, 2.05) is 10.6 Å². The van der Waals surface area contributed by atoms with Crippen LogP contribution in [0.1, 0.15) is 24.6 Å². The van der Waals surface area contributed by atoms with Crippen molar-refractivity contribution in [2.45, 2.75) is 37.2 Å². The largest absolute Gasteiger partial charge is 0.461 e. The molecule has 4 rings (SSSR count). The Labute approximate surface area is 182 Å². The van der Waals surface area contributed by atoms with Crippen molar-refractivity contribution >= 4 is 29.0 Å². The molecule has 0 unspecified atom stereocenters. The quantitative estimate of drug-likeness (QED) is 0.388. The summed E-state index contributed by atoms with van der Waals surface area (Å²) < 4.78 is 7.32. The van der Waals surface area contributed by atoms with Gasteiger partial charge < -0.3 is 10.2 Å². The number of nitrogens with zero attached hydrogens (tertiary/aromatic N) is 4. The predicted molar refractivity (Wildman–Crippen MR) is 118 cm³/mol. The first-order valence-corrected chi connectivity index (χ1v) is 11.4. The average Bonchev–Trinajstić information content (AvgIpc) is 3.51. The Morgan fingerprint density at radius 2 is 2.07 bits per heavy atom. The molecule has 7 nitrogen and oxygen atoms in total. The lowest BCUT2D eigenvalue weighted by Gasteiger charge is -2.07. The van der Waals surface area contributed by atoms with Crippen LogP contribution in [0.15, 0.2) is 57.6 Å². The number of primary amides is 1. The summed E-state index contributed by atoms with van der Waals surface area (Å²) in [6.07, 6.45) is 2.81. The molecule has 0 radical (unpaired) electrons. The standard InChI is InChI=1S/C21H21N5O2S2/c1-2-14-5-7-15(8-6-14)20-23-16(12-29-20)13-30-21-25-24-19(17-4-3-11-28-17)26(21)10-9-18(22)27/h3-8,11-12H,2,9-10,13H2,1H3,(H2,22,27). The number of hydrogen-bond donors (Lipinski definition) is 1. The van der Waals surface area contributed by atoms with Crippen molar-refractivity contribution in [3.8, 4) is 22.2 Å². The third-order valence-electron chi connectivity index (χ3n) is 4.55. The lowest BCUT2D eigenvalue weighted by molar-refractivity contribution is -0.118. The van der Waals surface area contributed by atoms with E-state index in [1.165, 1.54) is 17.3 Å². The first-order valence-electron chi connectivity index (χ1n) is 9.56. The zero-order valence-corrected chi connectivity index (χ0v) is 18.1. The van der Waals surface area contributed by atoms with E-state index in [-0.39, 0.29) is 12.3 Å².